The lowest BCUT2D eigenvalue weighted by atomic mass is 10.1. The largest absolute Gasteiger partial charge is 0.373 e. The molecular formula is C7H8F7N. The molecule has 0 aromatic heterocycles. The van der Waals surface area contributed by atoms with Crippen LogP contribution in [0.25, 0.3) is 0 Å². The lowest BCUT2D eigenvalue weighted by molar-refractivity contribution is -0.288. The van der Waals surface area contributed by atoms with Crippen LogP contribution in [0.2, 0.25) is 0 Å². The molecule has 0 aromatic rings. The molecular weight excluding hydrogens is 231 g/mol. The minimum absolute atomic E-state index is 0.546. The molecule has 1 nitrogen and oxygen atoms in total. The van der Waals surface area contributed by atoms with E-state index in [2.05, 4.69) is 6.58 Å². The first-order valence-electron chi connectivity index (χ1n) is 3.70. The molecule has 0 aliphatic heterocycles. The first kappa shape index (κ1) is 14.2. The molecule has 0 aliphatic rings. The quantitative estimate of drug-likeness (QED) is 0.426. The Kier molecular flexibility index (Phi) is 4.57. The zero-order valence-electron chi connectivity index (χ0n) is 7.29. The molecule has 0 radical (unpaired) electrons. The zero-order chi connectivity index (χ0) is 12.3. The van der Waals surface area contributed by atoms with Crippen LogP contribution in [-0.4, -0.2) is 31.1 Å². The minimum atomic E-state index is -5.72. The minimum Gasteiger partial charge on any atom is -0.279 e. The molecule has 0 aromatic carbocycles. The predicted molar refractivity (Wildman–Crippen MR) is 39.0 cm³/mol. The third-order valence-corrected chi connectivity index (χ3v) is 1.48. The van der Waals surface area contributed by atoms with E-state index in [0.29, 0.717) is 0 Å². The summed E-state index contributed by atoms with van der Waals surface area (Å²) in [4.78, 5) is 0. The molecule has 1 N–H and O–H groups in total. The van der Waals surface area contributed by atoms with Gasteiger partial charge in [0.25, 0.3) is 0 Å². The fourth-order valence-electron chi connectivity index (χ4n) is 0.629. The Labute approximate surface area is 80.9 Å². The topological polar surface area (TPSA) is 12.0 Å². The molecule has 0 rings (SSSR count). The summed E-state index contributed by atoms with van der Waals surface area (Å²) in [6, 6.07) is 0. The van der Waals surface area contributed by atoms with Gasteiger partial charge in [0.1, 0.15) is 0 Å². The lowest BCUT2D eigenvalue weighted by Gasteiger charge is -2.28. The van der Waals surface area contributed by atoms with Crippen molar-refractivity contribution in [3.63, 3.8) is 0 Å². The Hall–Kier alpha value is -0.790. The number of nitrogens with one attached hydrogen (secondary N) is 1. The smallest absolute Gasteiger partial charge is 0.279 e. The van der Waals surface area contributed by atoms with Gasteiger partial charge >= 0.3 is 18.3 Å². The number of hydrogen-bond donors (Lipinski definition) is 1. The fourth-order valence-corrected chi connectivity index (χ4v) is 0.629. The molecule has 1 atom stereocenters. The fraction of sp³-hybridized carbons (Fsp3) is 0.714. The maximum Gasteiger partial charge on any atom is 0.373 e. The molecule has 0 bridgehead atoms. The summed E-state index contributed by atoms with van der Waals surface area (Å²) in [5.74, 6) is -11.2. The zero-order valence-corrected chi connectivity index (χ0v) is 7.29. The van der Waals surface area contributed by atoms with E-state index in [-0.39, 0.29) is 0 Å². The summed E-state index contributed by atoms with van der Waals surface area (Å²) in [5, 5.41) is 1.29. The van der Waals surface area contributed by atoms with E-state index in [9.17, 15) is 30.7 Å². The second-order valence-corrected chi connectivity index (χ2v) is 2.61. The van der Waals surface area contributed by atoms with Gasteiger partial charge in [0.05, 0.1) is 0 Å². The van der Waals surface area contributed by atoms with Crippen LogP contribution in [0.5, 0.6) is 0 Å². The van der Waals surface area contributed by atoms with Crippen molar-refractivity contribution in [2.45, 2.75) is 24.6 Å². The van der Waals surface area contributed by atoms with E-state index in [1.165, 1.54) is 5.32 Å². The van der Waals surface area contributed by atoms with Crippen molar-refractivity contribution in [2.75, 3.05) is 6.54 Å². The summed E-state index contributed by atoms with van der Waals surface area (Å²) in [7, 11) is 0. The monoisotopic (exact) mass is 239 g/mol. The van der Waals surface area contributed by atoms with E-state index >= 15 is 0 Å². The first-order chi connectivity index (χ1) is 6.67. The van der Waals surface area contributed by atoms with Crippen molar-refractivity contribution < 1.29 is 30.7 Å². The third kappa shape index (κ3) is 2.83. The molecule has 1 unspecified atom stereocenters. The van der Waals surface area contributed by atoms with Gasteiger partial charge in [-0.1, -0.05) is 6.08 Å². The van der Waals surface area contributed by atoms with Gasteiger partial charge in [0.2, 0.25) is 6.30 Å². The lowest BCUT2D eigenvalue weighted by Crippen LogP contribution is -2.56. The van der Waals surface area contributed by atoms with Gasteiger partial charge in [0, 0.05) is 6.54 Å². The van der Waals surface area contributed by atoms with E-state index in [1.807, 2.05) is 0 Å². The van der Waals surface area contributed by atoms with Crippen LogP contribution in [0.4, 0.5) is 30.7 Å². The summed E-state index contributed by atoms with van der Waals surface area (Å²) < 4.78 is 84.9. The normalized spacial score (nSPS) is 15.5. The Morgan fingerprint density at radius 3 is 1.87 bits per heavy atom. The number of hydrogen-bond acceptors (Lipinski definition) is 1. The SMILES string of the molecule is C=CCNC(F)C(F)(F)C(F)(F)C(F)F. The van der Waals surface area contributed by atoms with E-state index in [1.54, 1.807) is 0 Å². The van der Waals surface area contributed by atoms with Crippen LogP contribution in [0.3, 0.4) is 0 Å². The van der Waals surface area contributed by atoms with Crippen molar-refractivity contribution in [1.82, 2.24) is 5.32 Å². The van der Waals surface area contributed by atoms with Gasteiger partial charge in [-0.2, -0.15) is 17.6 Å². The molecule has 0 aliphatic carbocycles. The second kappa shape index (κ2) is 4.82. The third-order valence-electron chi connectivity index (χ3n) is 1.48. The van der Waals surface area contributed by atoms with Crippen molar-refractivity contribution in [1.29, 1.82) is 0 Å². The van der Waals surface area contributed by atoms with Crippen LogP contribution in [0.1, 0.15) is 0 Å². The molecule has 90 valence electrons. The highest BCUT2D eigenvalue weighted by Crippen LogP contribution is 2.41. The molecule has 8 heteroatoms. The molecule has 0 amide bonds. The first-order valence-corrected chi connectivity index (χ1v) is 3.70. The standard InChI is InChI=1S/C7H8F7N/c1-2-3-15-5(10)7(13,14)6(11,12)4(8)9/h2,4-5,15H,1,3H2. The molecule has 0 heterocycles. The van der Waals surface area contributed by atoms with Crippen LogP contribution >= 0.6 is 0 Å². The number of rotatable bonds is 6. The van der Waals surface area contributed by atoms with Crippen LogP contribution in [0.15, 0.2) is 12.7 Å². The van der Waals surface area contributed by atoms with Gasteiger partial charge in [0.15, 0.2) is 0 Å². The molecule has 15 heavy (non-hydrogen) atoms. The van der Waals surface area contributed by atoms with Gasteiger partial charge in [-0.05, 0) is 0 Å². The van der Waals surface area contributed by atoms with E-state index in [4.69, 9.17) is 0 Å². The highest BCUT2D eigenvalue weighted by molar-refractivity contribution is 4.92. The summed E-state index contributed by atoms with van der Waals surface area (Å²) in [6.07, 6.45) is -7.29. The Morgan fingerprint density at radius 2 is 1.53 bits per heavy atom. The average molecular weight is 239 g/mol. The summed E-state index contributed by atoms with van der Waals surface area (Å²) in [5.41, 5.74) is 0. The van der Waals surface area contributed by atoms with Crippen molar-refractivity contribution in [3.05, 3.63) is 12.7 Å². The van der Waals surface area contributed by atoms with Crippen molar-refractivity contribution in [3.8, 4) is 0 Å². The average Bonchev–Trinajstić information content (AvgIpc) is 2.13. The second-order valence-electron chi connectivity index (χ2n) is 2.61. The predicted octanol–water partition coefficient (Wildman–Crippen LogP) is 2.59. The highest BCUT2D eigenvalue weighted by atomic mass is 19.3. The summed E-state index contributed by atoms with van der Waals surface area (Å²) in [6.45, 7) is 2.46. The van der Waals surface area contributed by atoms with Crippen LogP contribution in [-0.2, 0) is 0 Å². The number of alkyl halides is 7. The van der Waals surface area contributed by atoms with E-state index < -0.39 is 31.1 Å². The van der Waals surface area contributed by atoms with Crippen molar-refractivity contribution in [2.24, 2.45) is 0 Å². The van der Waals surface area contributed by atoms with Gasteiger partial charge in [-0.3, -0.25) is 5.32 Å². The highest BCUT2D eigenvalue weighted by Gasteiger charge is 2.67. The molecule has 0 fully saturated rings. The molecule has 0 saturated carbocycles. The maximum absolute atomic E-state index is 12.5. The van der Waals surface area contributed by atoms with Gasteiger partial charge in [-0.15, -0.1) is 6.58 Å². The maximum atomic E-state index is 12.5. The molecule has 0 saturated heterocycles. The van der Waals surface area contributed by atoms with Crippen molar-refractivity contribution >= 4 is 0 Å². The van der Waals surface area contributed by atoms with Gasteiger partial charge in [-0.25, -0.2) is 13.2 Å². The van der Waals surface area contributed by atoms with Crippen LogP contribution < -0.4 is 5.32 Å². The Balaban J connectivity index is 4.70. The Morgan fingerprint density at radius 1 is 1.07 bits per heavy atom. The number of halogens is 7. The molecule has 0 spiro atoms. The van der Waals surface area contributed by atoms with Gasteiger partial charge < -0.3 is 0 Å². The Bertz CT molecular complexity index is 215. The van der Waals surface area contributed by atoms with E-state index in [0.717, 1.165) is 6.08 Å². The van der Waals surface area contributed by atoms with Crippen LogP contribution in [0, 0.1) is 0 Å². The summed E-state index contributed by atoms with van der Waals surface area (Å²) >= 11 is 0.